The lowest BCUT2D eigenvalue weighted by Crippen LogP contribution is -2.46. The Balaban J connectivity index is 2.10. The van der Waals surface area contributed by atoms with E-state index in [4.69, 9.17) is 4.74 Å². The van der Waals surface area contributed by atoms with Gasteiger partial charge in [0.25, 0.3) is 5.88 Å². The zero-order valence-electron chi connectivity index (χ0n) is 14.0. The van der Waals surface area contributed by atoms with Crippen LogP contribution in [0.25, 0.3) is 0 Å². The molecule has 1 aromatic rings. The number of nitro groups is 1. The molecule has 132 valence electrons. The smallest absolute Gasteiger partial charge is 0.407 e. The number of aromatic hydroxyl groups is 1. The molecule has 0 bridgehead atoms. The Hall–Kier alpha value is -2.58. The van der Waals surface area contributed by atoms with Gasteiger partial charge in [0.2, 0.25) is 0 Å². The van der Waals surface area contributed by atoms with Crippen molar-refractivity contribution in [3.63, 3.8) is 0 Å². The summed E-state index contributed by atoms with van der Waals surface area (Å²) in [6.45, 7) is 6.45. The van der Waals surface area contributed by atoms with Crippen molar-refractivity contribution < 1.29 is 19.6 Å². The van der Waals surface area contributed by atoms with Gasteiger partial charge in [0.05, 0.1) is 11.5 Å². The molecule has 0 saturated carbocycles. The second kappa shape index (κ2) is 6.90. The number of piperidine rings is 1. The van der Waals surface area contributed by atoms with Crippen LogP contribution in [-0.4, -0.2) is 45.8 Å². The molecule has 1 unspecified atom stereocenters. The molecule has 1 saturated heterocycles. The Morgan fingerprint density at radius 2 is 2.25 bits per heavy atom. The van der Waals surface area contributed by atoms with E-state index in [2.05, 4.69) is 10.3 Å². The van der Waals surface area contributed by atoms with Crippen LogP contribution >= 0.6 is 0 Å². The first kappa shape index (κ1) is 17.8. The first-order valence-electron chi connectivity index (χ1n) is 7.73. The van der Waals surface area contributed by atoms with Gasteiger partial charge < -0.3 is 20.1 Å². The van der Waals surface area contributed by atoms with Crippen LogP contribution in [0.15, 0.2) is 12.3 Å². The number of ether oxygens (including phenoxy) is 1. The molecule has 1 atom stereocenters. The van der Waals surface area contributed by atoms with Crippen molar-refractivity contribution in [3.05, 3.63) is 22.4 Å². The number of pyridine rings is 1. The second-order valence-corrected chi connectivity index (χ2v) is 6.75. The molecule has 1 aromatic heterocycles. The number of carbonyl (C=O) groups is 1. The minimum atomic E-state index is -0.658. The molecule has 2 rings (SSSR count). The first-order chi connectivity index (χ1) is 11.2. The maximum absolute atomic E-state index is 11.9. The fourth-order valence-electron chi connectivity index (χ4n) is 2.60. The summed E-state index contributed by atoms with van der Waals surface area (Å²) < 4.78 is 5.41. The maximum atomic E-state index is 11.9. The predicted octanol–water partition coefficient (Wildman–Crippen LogP) is 2.19. The van der Waals surface area contributed by atoms with E-state index in [0.29, 0.717) is 25.9 Å². The van der Waals surface area contributed by atoms with Crippen molar-refractivity contribution in [1.29, 1.82) is 0 Å². The topological polar surface area (TPSA) is 118 Å². The number of hydrogen-bond donors (Lipinski definition) is 2. The normalized spacial score (nSPS) is 18.1. The van der Waals surface area contributed by atoms with Gasteiger partial charge in [0, 0.05) is 18.3 Å². The number of aromatic nitrogens is 1. The number of hydrogen-bond acceptors (Lipinski definition) is 7. The molecule has 0 aliphatic carbocycles. The molecule has 0 aromatic carbocycles. The monoisotopic (exact) mass is 338 g/mol. The Labute approximate surface area is 139 Å². The molecule has 1 amide bonds. The van der Waals surface area contributed by atoms with Gasteiger partial charge in [0.15, 0.2) is 0 Å². The number of alkyl carbamates (subject to hydrolysis) is 1. The molecule has 2 heterocycles. The fourth-order valence-corrected chi connectivity index (χ4v) is 2.60. The molecule has 9 nitrogen and oxygen atoms in total. The average molecular weight is 338 g/mol. The summed E-state index contributed by atoms with van der Waals surface area (Å²) in [7, 11) is 0. The SMILES string of the molecule is CC(C)(C)NC(=O)OC1CCCN(c2ccnc(O)c2[N+](=O)[O-])C1. The van der Waals surface area contributed by atoms with Crippen LogP contribution in [0.4, 0.5) is 16.2 Å². The maximum Gasteiger partial charge on any atom is 0.407 e. The van der Waals surface area contributed by atoms with Gasteiger partial charge in [-0.25, -0.2) is 9.78 Å². The van der Waals surface area contributed by atoms with Crippen molar-refractivity contribution in [2.45, 2.75) is 45.3 Å². The van der Waals surface area contributed by atoms with E-state index in [9.17, 15) is 20.0 Å². The van der Waals surface area contributed by atoms with Gasteiger partial charge in [-0.3, -0.25) is 10.1 Å². The van der Waals surface area contributed by atoms with E-state index in [1.54, 1.807) is 4.90 Å². The standard InChI is InChI=1S/C15H22N4O5/c1-15(2,3)17-14(21)24-10-5-4-8-18(9-10)11-6-7-16-13(20)12(11)19(22)23/h6-7,10H,4-5,8-9H2,1-3H3,(H,16,20)(H,17,21). The van der Waals surface area contributed by atoms with Crippen LogP contribution in [-0.2, 0) is 4.74 Å². The van der Waals surface area contributed by atoms with Crippen LogP contribution < -0.4 is 10.2 Å². The lowest BCUT2D eigenvalue weighted by atomic mass is 10.1. The third-order valence-electron chi connectivity index (χ3n) is 3.54. The van der Waals surface area contributed by atoms with E-state index in [1.165, 1.54) is 12.3 Å². The minimum absolute atomic E-state index is 0.275. The first-order valence-corrected chi connectivity index (χ1v) is 7.73. The van der Waals surface area contributed by atoms with E-state index < -0.39 is 28.1 Å². The summed E-state index contributed by atoms with van der Waals surface area (Å²) in [6, 6.07) is 1.48. The van der Waals surface area contributed by atoms with Crippen molar-refractivity contribution in [2.75, 3.05) is 18.0 Å². The van der Waals surface area contributed by atoms with Crippen molar-refractivity contribution in [1.82, 2.24) is 10.3 Å². The highest BCUT2D eigenvalue weighted by Gasteiger charge is 2.30. The number of amides is 1. The zero-order chi connectivity index (χ0) is 17.9. The molecular weight excluding hydrogens is 316 g/mol. The summed E-state index contributed by atoms with van der Waals surface area (Å²) in [5.41, 5.74) is -0.560. The highest BCUT2D eigenvalue weighted by Crippen LogP contribution is 2.35. The summed E-state index contributed by atoms with van der Waals surface area (Å²) in [6.07, 6.45) is 1.82. The van der Waals surface area contributed by atoms with Crippen molar-refractivity contribution in [3.8, 4) is 5.88 Å². The molecular formula is C15H22N4O5. The number of anilines is 1. The Morgan fingerprint density at radius 3 is 2.88 bits per heavy atom. The van der Waals surface area contributed by atoms with Gasteiger partial charge in [-0.1, -0.05) is 0 Å². The van der Waals surface area contributed by atoms with Gasteiger partial charge >= 0.3 is 11.8 Å². The zero-order valence-corrected chi connectivity index (χ0v) is 14.0. The molecule has 0 spiro atoms. The Morgan fingerprint density at radius 1 is 1.54 bits per heavy atom. The molecule has 2 N–H and O–H groups in total. The number of nitrogens with one attached hydrogen (secondary N) is 1. The molecule has 9 heteroatoms. The highest BCUT2D eigenvalue weighted by molar-refractivity contribution is 5.69. The summed E-state index contributed by atoms with van der Waals surface area (Å²) in [5.74, 6) is -0.619. The second-order valence-electron chi connectivity index (χ2n) is 6.75. The molecule has 0 radical (unpaired) electrons. The third kappa shape index (κ3) is 4.46. The van der Waals surface area contributed by atoms with E-state index in [-0.39, 0.29) is 11.8 Å². The Bertz CT molecular complexity index is 629. The number of carbonyl (C=O) groups excluding carboxylic acids is 1. The van der Waals surface area contributed by atoms with E-state index in [1.807, 2.05) is 20.8 Å². The largest absolute Gasteiger partial charge is 0.488 e. The minimum Gasteiger partial charge on any atom is -0.488 e. The van der Waals surface area contributed by atoms with E-state index in [0.717, 1.165) is 0 Å². The molecule has 1 aliphatic rings. The van der Waals surface area contributed by atoms with Crippen LogP contribution in [0.1, 0.15) is 33.6 Å². The number of nitrogens with zero attached hydrogens (tertiary/aromatic N) is 3. The molecule has 1 aliphatic heterocycles. The highest BCUT2D eigenvalue weighted by atomic mass is 16.6. The van der Waals surface area contributed by atoms with Gasteiger partial charge in [0.1, 0.15) is 11.8 Å². The summed E-state index contributed by atoms with van der Waals surface area (Å²) in [5, 5.41) is 23.6. The van der Waals surface area contributed by atoms with Gasteiger partial charge in [-0.05, 0) is 39.7 Å². The van der Waals surface area contributed by atoms with Crippen LogP contribution in [0.5, 0.6) is 5.88 Å². The number of rotatable bonds is 3. The summed E-state index contributed by atoms with van der Waals surface area (Å²) in [4.78, 5) is 27.7. The van der Waals surface area contributed by atoms with Crippen LogP contribution in [0, 0.1) is 10.1 Å². The van der Waals surface area contributed by atoms with E-state index >= 15 is 0 Å². The van der Waals surface area contributed by atoms with Crippen molar-refractivity contribution in [2.24, 2.45) is 0 Å². The quantitative estimate of drug-likeness (QED) is 0.640. The van der Waals surface area contributed by atoms with Crippen LogP contribution in [0.3, 0.4) is 0 Å². The van der Waals surface area contributed by atoms with Crippen molar-refractivity contribution >= 4 is 17.5 Å². The average Bonchev–Trinajstić information content (AvgIpc) is 2.44. The fraction of sp³-hybridized carbons (Fsp3) is 0.600. The van der Waals surface area contributed by atoms with Gasteiger partial charge in [-0.2, -0.15) is 0 Å². The lowest BCUT2D eigenvalue weighted by molar-refractivity contribution is -0.385. The molecule has 1 fully saturated rings. The third-order valence-corrected chi connectivity index (χ3v) is 3.54. The predicted molar refractivity (Wildman–Crippen MR) is 87.2 cm³/mol. The van der Waals surface area contributed by atoms with Crippen LogP contribution in [0.2, 0.25) is 0 Å². The lowest BCUT2D eigenvalue weighted by Gasteiger charge is -2.34. The van der Waals surface area contributed by atoms with Gasteiger partial charge in [-0.15, -0.1) is 0 Å². The molecule has 24 heavy (non-hydrogen) atoms. The Kier molecular flexibility index (Phi) is 5.10. The summed E-state index contributed by atoms with van der Waals surface area (Å²) >= 11 is 0.